The Morgan fingerprint density at radius 2 is 0.958 bits per heavy atom. The normalized spacial score (nSPS) is 12.1. The number of halogens is 8. The molecule has 0 saturated heterocycles. The molecule has 1 aliphatic rings. The molecule has 2 aromatic carbocycles. The van der Waals surface area contributed by atoms with Gasteiger partial charge in [-0.3, -0.25) is 27.9 Å². The zero-order valence-electron chi connectivity index (χ0n) is 37.8. The van der Waals surface area contributed by atoms with Crippen molar-refractivity contribution in [3.63, 3.8) is 0 Å². The smallest absolute Gasteiger partial charge is 0.341 e. The van der Waals surface area contributed by atoms with Crippen LogP contribution in [0.25, 0.3) is 39.0 Å². The lowest BCUT2D eigenvalue weighted by Crippen LogP contribution is -2.24. The fourth-order valence-corrected chi connectivity index (χ4v) is 8.06. The number of carbonyl (C=O) groups is 3. The van der Waals surface area contributed by atoms with Crippen molar-refractivity contribution in [2.75, 3.05) is 11.5 Å². The molecule has 0 unspecified atom stereocenters. The average molecular weight is 1020 g/mol. The predicted octanol–water partition coefficient (Wildman–Crippen LogP) is 8.38. The van der Waals surface area contributed by atoms with Crippen molar-refractivity contribution in [1.29, 1.82) is 0 Å². The minimum atomic E-state index is -1.63. The van der Waals surface area contributed by atoms with Crippen LogP contribution in [-0.4, -0.2) is 56.7 Å². The Bertz CT molecular complexity index is 3730. The van der Waals surface area contributed by atoms with Gasteiger partial charge in [0.05, 0.1) is 32.3 Å². The molecule has 7 N–H and O–H groups in total. The zero-order chi connectivity index (χ0) is 53.3. The number of nitrogen functional groups attached to an aromatic ring is 2. The van der Waals surface area contributed by atoms with E-state index in [9.17, 15) is 69.7 Å². The number of benzene rings is 2. The number of fused-ring (bicyclic) bond motifs is 3. The molecule has 1 fully saturated rings. The number of hydrogen-bond acceptors (Lipinski definition) is 10. The summed E-state index contributed by atoms with van der Waals surface area (Å²) in [6.07, 6.45) is 4.68. The number of nitrogens with zero attached hydrogens (tertiary/aromatic N) is 5. The van der Waals surface area contributed by atoms with Gasteiger partial charge in [-0.05, 0) is 99.4 Å². The highest BCUT2D eigenvalue weighted by atomic mass is 35.5. The number of nitrogens with two attached hydrogens (primary N) is 2. The summed E-state index contributed by atoms with van der Waals surface area (Å²) >= 11 is 6.11. The number of anilines is 2. The Morgan fingerprint density at radius 3 is 1.42 bits per heavy atom. The van der Waals surface area contributed by atoms with Crippen LogP contribution in [0.3, 0.4) is 0 Å². The number of carboxylic acids is 3. The van der Waals surface area contributed by atoms with Crippen LogP contribution < -0.4 is 27.9 Å². The lowest BCUT2D eigenvalue weighted by molar-refractivity contribution is 0.0684. The number of hydrogen-bond donors (Lipinski definition) is 5. The Labute approximate surface area is 403 Å². The molecule has 9 rings (SSSR count). The van der Waals surface area contributed by atoms with E-state index in [1.165, 1.54) is 26.8 Å². The second-order valence-corrected chi connectivity index (χ2v) is 16.8. The van der Waals surface area contributed by atoms with Gasteiger partial charge < -0.3 is 26.8 Å². The molecule has 8 aromatic rings. The van der Waals surface area contributed by atoms with Gasteiger partial charge in [-0.25, -0.2) is 55.1 Å². The standard InChI is InChI=1S/C17H12F3N3O3.C16H9ClF3N3O3.C15H14FNO3/c1-6-7(2)13-8(3-10(6)18)14(24)9(17(25)26)5-23(13)16-12(20)4-11(19)15(21)22-16;1-5-8(18)2-6-12(11(5)17)23(4-7(13(6)24)16(25)26)15-10(20)3-9(19)14(21)22-15;1-7-8(2)13-10(9-3-4-9)5-11(15(19)20)14(18)17(13)6-12(7)16/h3-5H,1-2H3,(H2,21,22)(H,25,26);2-4H,1H3,(H2,21,22)(H,25,26);5-6,9H,3-4H2,1-2H3,(H,19,20). The first-order valence-electron chi connectivity index (χ1n) is 20.9. The van der Waals surface area contributed by atoms with Crippen LogP contribution in [0.4, 0.5) is 42.4 Å². The summed E-state index contributed by atoms with van der Waals surface area (Å²) < 4.78 is 100. The van der Waals surface area contributed by atoms with Crippen LogP contribution in [0, 0.1) is 75.3 Å². The van der Waals surface area contributed by atoms with E-state index in [1.807, 2.05) is 0 Å². The van der Waals surface area contributed by atoms with E-state index in [0.717, 1.165) is 62.7 Å². The molecule has 6 heterocycles. The highest BCUT2D eigenvalue weighted by molar-refractivity contribution is 6.36. The molecule has 1 aliphatic carbocycles. The molecule has 0 amide bonds. The Kier molecular flexibility index (Phi) is 13.5. The van der Waals surface area contributed by atoms with Gasteiger partial charge in [-0.15, -0.1) is 0 Å². The van der Waals surface area contributed by atoms with E-state index in [1.54, 1.807) is 13.8 Å². The third kappa shape index (κ3) is 8.93. The van der Waals surface area contributed by atoms with Crippen molar-refractivity contribution in [3.8, 4) is 11.6 Å². The molecular formula is C48H35ClF7N7O9. The SMILES string of the molecule is Cc1c(F)cc2c(=O)c(C(=O)O)cn(-c3nc(N)c(F)cc3F)c2c1C.Cc1c(F)cc2c(=O)c(C(=O)O)cn(-c3nc(N)c(F)cc3F)c2c1Cl.Cc1c(F)cn2c(=O)c(C(=O)O)cc(C3CC3)c2c1C. The number of aryl methyl sites for hydroxylation is 2. The minimum Gasteiger partial charge on any atom is -0.477 e. The molecular weight excluding hydrogens is 987 g/mol. The summed E-state index contributed by atoms with van der Waals surface area (Å²) in [6, 6.07) is 4.09. The van der Waals surface area contributed by atoms with Crippen molar-refractivity contribution in [3.05, 3.63) is 176 Å². The second-order valence-electron chi connectivity index (χ2n) is 16.5. The largest absolute Gasteiger partial charge is 0.477 e. The summed E-state index contributed by atoms with van der Waals surface area (Å²) in [5.41, 5.74) is 9.28. The van der Waals surface area contributed by atoms with Crippen LogP contribution in [0.5, 0.6) is 0 Å². The molecule has 0 atom stereocenters. The Hall–Kier alpha value is -8.60. The first-order valence-corrected chi connectivity index (χ1v) is 21.2. The van der Waals surface area contributed by atoms with Crippen LogP contribution in [0.15, 0.2) is 63.3 Å². The lowest BCUT2D eigenvalue weighted by atomic mass is 10.0. The van der Waals surface area contributed by atoms with Gasteiger partial charge >= 0.3 is 17.9 Å². The van der Waals surface area contributed by atoms with Crippen molar-refractivity contribution in [2.24, 2.45) is 0 Å². The maximum Gasteiger partial charge on any atom is 0.341 e. The highest BCUT2D eigenvalue weighted by Gasteiger charge is 2.30. The van der Waals surface area contributed by atoms with Crippen LogP contribution in [0.1, 0.15) is 83.2 Å². The van der Waals surface area contributed by atoms with Gasteiger partial charge in [0.1, 0.15) is 34.1 Å². The number of aromatic carboxylic acids is 3. The number of carboxylic acid groups (broad SMARTS) is 3. The number of pyridine rings is 6. The summed E-state index contributed by atoms with van der Waals surface area (Å²) in [5, 5.41) is 26.7. The first kappa shape index (κ1) is 51.3. The minimum absolute atomic E-state index is 0.0501. The van der Waals surface area contributed by atoms with Gasteiger partial charge in [0.25, 0.3) is 5.56 Å². The van der Waals surface area contributed by atoms with Gasteiger partial charge in [0.2, 0.25) is 10.9 Å². The monoisotopic (exact) mass is 1020 g/mol. The predicted molar refractivity (Wildman–Crippen MR) is 248 cm³/mol. The van der Waals surface area contributed by atoms with E-state index < -0.39 is 115 Å². The van der Waals surface area contributed by atoms with Gasteiger partial charge in [-0.1, -0.05) is 11.6 Å². The van der Waals surface area contributed by atoms with Crippen molar-refractivity contribution < 1.29 is 60.4 Å². The first-order chi connectivity index (χ1) is 33.7. The topological polar surface area (TPSA) is 255 Å². The molecule has 372 valence electrons. The molecule has 6 aromatic heterocycles. The summed E-state index contributed by atoms with van der Waals surface area (Å²) in [6.45, 7) is 7.69. The number of rotatable bonds is 6. The maximum absolute atomic E-state index is 14.3. The summed E-state index contributed by atoms with van der Waals surface area (Å²) in [4.78, 5) is 78.1. The number of aromatic nitrogens is 5. The van der Waals surface area contributed by atoms with Crippen LogP contribution in [0.2, 0.25) is 5.02 Å². The molecule has 24 heteroatoms. The quantitative estimate of drug-likeness (QED) is 0.0983. The molecule has 0 radical (unpaired) electrons. The summed E-state index contributed by atoms with van der Waals surface area (Å²) in [7, 11) is 0. The Balaban J connectivity index is 0.000000160. The third-order valence-electron chi connectivity index (χ3n) is 12.0. The fourth-order valence-electron chi connectivity index (χ4n) is 7.77. The lowest BCUT2D eigenvalue weighted by Gasteiger charge is -2.16. The van der Waals surface area contributed by atoms with Gasteiger partial charge in [0, 0.05) is 36.3 Å². The van der Waals surface area contributed by atoms with Crippen LogP contribution in [-0.2, 0) is 0 Å². The van der Waals surface area contributed by atoms with Gasteiger partial charge in [-0.2, -0.15) is 0 Å². The molecule has 1 saturated carbocycles. The van der Waals surface area contributed by atoms with E-state index in [0.29, 0.717) is 28.8 Å². The van der Waals surface area contributed by atoms with E-state index in [4.69, 9.17) is 28.2 Å². The molecule has 0 spiro atoms. The third-order valence-corrected chi connectivity index (χ3v) is 12.5. The molecule has 72 heavy (non-hydrogen) atoms. The van der Waals surface area contributed by atoms with Crippen molar-refractivity contribution >= 4 is 68.5 Å². The second kappa shape index (κ2) is 19.0. The van der Waals surface area contributed by atoms with Crippen molar-refractivity contribution in [1.82, 2.24) is 23.5 Å². The van der Waals surface area contributed by atoms with E-state index in [-0.39, 0.29) is 49.6 Å². The molecule has 0 aliphatic heterocycles. The Morgan fingerprint density at radius 1 is 0.542 bits per heavy atom. The molecule has 0 bridgehead atoms. The average Bonchev–Trinajstić information content (AvgIpc) is 4.16. The van der Waals surface area contributed by atoms with Crippen molar-refractivity contribution in [2.45, 2.75) is 53.4 Å². The maximum atomic E-state index is 14.3. The summed E-state index contributed by atoms with van der Waals surface area (Å²) in [5.74, 6) is -13.2. The van der Waals surface area contributed by atoms with Crippen LogP contribution >= 0.6 is 11.6 Å². The highest BCUT2D eigenvalue weighted by Crippen LogP contribution is 2.43. The molecule has 16 nitrogen and oxygen atoms in total. The van der Waals surface area contributed by atoms with Gasteiger partial charge in [0.15, 0.2) is 46.5 Å². The van der Waals surface area contributed by atoms with E-state index in [2.05, 4.69) is 9.97 Å². The van der Waals surface area contributed by atoms with E-state index >= 15 is 0 Å². The fraction of sp³-hybridized carbons (Fsp3) is 0.167. The zero-order valence-corrected chi connectivity index (χ0v) is 38.6.